The van der Waals surface area contributed by atoms with Crippen LogP contribution in [0.2, 0.25) is 0 Å². The van der Waals surface area contributed by atoms with E-state index in [1.54, 1.807) is 25.8 Å². The van der Waals surface area contributed by atoms with Crippen molar-refractivity contribution < 1.29 is 13.9 Å². The molecule has 4 heterocycles. The summed E-state index contributed by atoms with van der Waals surface area (Å²) in [6.45, 7) is 5.69. The fraction of sp³-hybridized carbons (Fsp3) is 0.304. The molecule has 4 aromatic heterocycles. The van der Waals surface area contributed by atoms with Crippen LogP contribution in [0.1, 0.15) is 27.5 Å². The molecule has 0 bridgehead atoms. The molecule has 0 aliphatic carbocycles. The third-order valence-electron chi connectivity index (χ3n) is 5.27. The SMILES string of the molecule is COCCn1c(SCC(=O)c2cc(C)n(Cc3ccco3)c2C)nnc1-c1ccncc1. The molecule has 32 heavy (non-hydrogen) atoms. The summed E-state index contributed by atoms with van der Waals surface area (Å²) in [6, 6.07) is 9.52. The first-order valence-electron chi connectivity index (χ1n) is 10.3. The van der Waals surface area contributed by atoms with Gasteiger partial charge in [-0.05, 0) is 44.2 Å². The zero-order valence-corrected chi connectivity index (χ0v) is 19.1. The number of ether oxygens (including phenoxy) is 1. The first-order valence-corrected chi connectivity index (χ1v) is 11.2. The molecule has 0 fully saturated rings. The molecule has 4 aromatic rings. The maximum Gasteiger partial charge on any atom is 0.192 e. The molecule has 0 radical (unpaired) electrons. The van der Waals surface area contributed by atoms with Gasteiger partial charge in [0, 0.05) is 42.0 Å². The van der Waals surface area contributed by atoms with Crippen molar-refractivity contribution >= 4 is 17.5 Å². The van der Waals surface area contributed by atoms with Crippen molar-refractivity contribution in [2.24, 2.45) is 0 Å². The van der Waals surface area contributed by atoms with E-state index in [0.29, 0.717) is 24.9 Å². The van der Waals surface area contributed by atoms with E-state index in [4.69, 9.17) is 9.15 Å². The molecule has 0 atom stereocenters. The average molecular weight is 452 g/mol. The number of pyridine rings is 1. The van der Waals surface area contributed by atoms with Crippen molar-refractivity contribution in [2.75, 3.05) is 19.5 Å². The lowest BCUT2D eigenvalue weighted by Gasteiger charge is -2.10. The summed E-state index contributed by atoms with van der Waals surface area (Å²) in [6.07, 6.45) is 5.10. The molecule has 0 N–H and O–H groups in total. The van der Waals surface area contributed by atoms with Crippen LogP contribution in [0.25, 0.3) is 11.4 Å². The average Bonchev–Trinajstić information content (AvgIpc) is 3.53. The Morgan fingerprint density at radius 1 is 1.16 bits per heavy atom. The normalized spacial score (nSPS) is 11.2. The van der Waals surface area contributed by atoms with Gasteiger partial charge in [-0.25, -0.2) is 0 Å². The molecule has 0 unspecified atom stereocenters. The summed E-state index contributed by atoms with van der Waals surface area (Å²) in [4.78, 5) is 17.1. The number of hydrogen-bond donors (Lipinski definition) is 0. The van der Waals surface area contributed by atoms with E-state index in [-0.39, 0.29) is 11.5 Å². The topological polar surface area (TPSA) is 88.0 Å². The van der Waals surface area contributed by atoms with E-state index in [1.165, 1.54) is 11.8 Å². The highest BCUT2D eigenvalue weighted by atomic mass is 32.2. The van der Waals surface area contributed by atoms with Crippen molar-refractivity contribution in [1.29, 1.82) is 0 Å². The lowest BCUT2D eigenvalue weighted by Crippen LogP contribution is -2.10. The van der Waals surface area contributed by atoms with Gasteiger partial charge in [0.2, 0.25) is 0 Å². The molecule has 9 heteroatoms. The van der Waals surface area contributed by atoms with Gasteiger partial charge in [0.1, 0.15) is 5.76 Å². The molecule has 0 aromatic carbocycles. The molecule has 8 nitrogen and oxygen atoms in total. The summed E-state index contributed by atoms with van der Waals surface area (Å²) in [7, 11) is 1.66. The summed E-state index contributed by atoms with van der Waals surface area (Å²) < 4.78 is 14.8. The van der Waals surface area contributed by atoms with Crippen LogP contribution >= 0.6 is 11.8 Å². The van der Waals surface area contributed by atoms with Gasteiger partial charge in [-0.2, -0.15) is 0 Å². The number of furan rings is 1. The van der Waals surface area contributed by atoms with E-state index in [1.807, 2.05) is 48.7 Å². The largest absolute Gasteiger partial charge is 0.467 e. The van der Waals surface area contributed by atoms with Gasteiger partial charge in [0.25, 0.3) is 0 Å². The number of Topliss-reactive ketones (excluding diaryl/α,β-unsaturated/α-hetero) is 1. The second-order valence-corrected chi connectivity index (χ2v) is 8.29. The van der Waals surface area contributed by atoms with Gasteiger partial charge >= 0.3 is 0 Å². The number of thioether (sulfide) groups is 1. The number of ketones is 1. The van der Waals surface area contributed by atoms with Crippen LogP contribution in [-0.2, 0) is 17.8 Å². The Labute approximate surface area is 190 Å². The van der Waals surface area contributed by atoms with Crippen LogP contribution in [0.4, 0.5) is 0 Å². The summed E-state index contributed by atoms with van der Waals surface area (Å²) in [5, 5.41) is 9.37. The maximum atomic E-state index is 13.1. The van der Waals surface area contributed by atoms with Crippen molar-refractivity contribution in [1.82, 2.24) is 24.3 Å². The predicted octanol–water partition coefficient (Wildman–Crippen LogP) is 4.02. The quantitative estimate of drug-likeness (QED) is 0.266. The van der Waals surface area contributed by atoms with Crippen molar-refractivity contribution in [3.63, 3.8) is 0 Å². The third-order valence-corrected chi connectivity index (χ3v) is 6.24. The maximum absolute atomic E-state index is 13.1. The number of aromatic nitrogens is 5. The highest BCUT2D eigenvalue weighted by molar-refractivity contribution is 7.99. The summed E-state index contributed by atoms with van der Waals surface area (Å²) in [5.74, 6) is 1.92. The predicted molar refractivity (Wildman–Crippen MR) is 122 cm³/mol. The van der Waals surface area contributed by atoms with Crippen molar-refractivity contribution in [3.8, 4) is 11.4 Å². The van der Waals surface area contributed by atoms with Gasteiger partial charge in [-0.15, -0.1) is 10.2 Å². The molecule has 0 saturated heterocycles. The Morgan fingerprint density at radius 2 is 1.97 bits per heavy atom. The second-order valence-electron chi connectivity index (χ2n) is 7.35. The van der Waals surface area contributed by atoms with Crippen LogP contribution in [0.3, 0.4) is 0 Å². The smallest absolute Gasteiger partial charge is 0.192 e. The van der Waals surface area contributed by atoms with E-state index in [2.05, 4.69) is 19.7 Å². The number of hydrogen-bond acceptors (Lipinski definition) is 7. The third kappa shape index (κ3) is 4.68. The number of carbonyl (C=O) groups is 1. The molecular weight excluding hydrogens is 426 g/mol. The monoisotopic (exact) mass is 451 g/mol. The van der Waals surface area contributed by atoms with E-state index >= 15 is 0 Å². The fourth-order valence-electron chi connectivity index (χ4n) is 3.59. The van der Waals surface area contributed by atoms with Crippen LogP contribution in [-0.4, -0.2) is 49.6 Å². The lowest BCUT2D eigenvalue weighted by molar-refractivity contribution is 0.102. The van der Waals surface area contributed by atoms with E-state index in [0.717, 1.165) is 34.1 Å². The Morgan fingerprint density at radius 3 is 2.69 bits per heavy atom. The Kier molecular flexibility index (Phi) is 6.87. The number of aryl methyl sites for hydroxylation is 1. The molecule has 166 valence electrons. The summed E-state index contributed by atoms with van der Waals surface area (Å²) >= 11 is 1.39. The molecule has 0 spiro atoms. The molecule has 0 aliphatic rings. The fourth-order valence-corrected chi connectivity index (χ4v) is 4.43. The Bertz CT molecular complexity index is 1180. The Hall–Kier alpha value is -3.17. The van der Waals surface area contributed by atoms with Crippen molar-refractivity contribution in [3.05, 3.63) is 71.7 Å². The number of nitrogens with zero attached hydrogens (tertiary/aromatic N) is 5. The van der Waals surface area contributed by atoms with Gasteiger partial charge in [-0.3, -0.25) is 14.3 Å². The van der Waals surface area contributed by atoms with Gasteiger partial charge in [0.15, 0.2) is 16.8 Å². The number of methoxy groups -OCH3 is 1. The van der Waals surface area contributed by atoms with Crippen LogP contribution in [0.5, 0.6) is 0 Å². The first kappa shape index (κ1) is 22.0. The molecule has 4 rings (SSSR count). The summed E-state index contributed by atoms with van der Waals surface area (Å²) in [5.41, 5.74) is 3.60. The van der Waals surface area contributed by atoms with E-state index in [9.17, 15) is 4.79 Å². The van der Waals surface area contributed by atoms with Gasteiger partial charge < -0.3 is 13.7 Å². The molecular formula is C23H25N5O3S. The highest BCUT2D eigenvalue weighted by Gasteiger charge is 2.19. The Balaban J connectivity index is 1.51. The molecule has 0 amide bonds. The number of carbonyl (C=O) groups excluding carboxylic acids is 1. The minimum atomic E-state index is 0.0561. The zero-order chi connectivity index (χ0) is 22.5. The lowest BCUT2D eigenvalue weighted by atomic mass is 10.2. The number of rotatable bonds is 10. The molecule has 0 saturated carbocycles. The molecule has 0 aliphatic heterocycles. The minimum Gasteiger partial charge on any atom is -0.467 e. The first-order chi connectivity index (χ1) is 15.6. The van der Waals surface area contributed by atoms with E-state index < -0.39 is 0 Å². The van der Waals surface area contributed by atoms with Gasteiger partial charge in [-0.1, -0.05) is 11.8 Å². The van der Waals surface area contributed by atoms with Gasteiger partial charge in [0.05, 0.1) is 31.7 Å². The minimum absolute atomic E-state index is 0.0561. The zero-order valence-electron chi connectivity index (χ0n) is 18.3. The second kappa shape index (κ2) is 9.97. The standard InChI is InChI=1S/C23H25N5O3S/c1-16-13-20(17(2)28(16)14-19-5-4-11-31-19)21(29)15-32-23-26-25-22(27(23)10-12-30-3)18-6-8-24-9-7-18/h4-9,11,13H,10,12,14-15H2,1-3H3. The van der Waals surface area contributed by atoms with Crippen LogP contribution < -0.4 is 0 Å². The van der Waals surface area contributed by atoms with Crippen LogP contribution in [0, 0.1) is 13.8 Å². The van der Waals surface area contributed by atoms with Crippen LogP contribution in [0.15, 0.2) is 58.6 Å². The van der Waals surface area contributed by atoms with Crippen molar-refractivity contribution in [2.45, 2.75) is 32.1 Å². The highest BCUT2D eigenvalue weighted by Crippen LogP contribution is 2.25.